The Balaban J connectivity index is 2.00. The Morgan fingerprint density at radius 3 is 2.51 bits per heavy atom. The lowest BCUT2D eigenvalue weighted by molar-refractivity contribution is -0.147. The van der Waals surface area contributed by atoms with Gasteiger partial charge in [-0.15, -0.1) is 0 Å². The highest BCUT2D eigenvalue weighted by Crippen LogP contribution is 2.38. The van der Waals surface area contributed by atoms with E-state index in [0.29, 0.717) is 31.4 Å². The third-order valence-corrected chi connectivity index (χ3v) is 11.8. The summed E-state index contributed by atoms with van der Waals surface area (Å²) < 4.78 is 24.1. The molecule has 0 spiro atoms. The smallest absolute Gasteiger partial charge is 0.338 e. The highest BCUT2D eigenvalue weighted by molar-refractivity contribution is 6.74. The molecule has 2 aliphatic heterocycles. The molecule has 0 N–H and O–H groups in total. The van der Waals surface area contributed by atoms with Crippen molar-refractivity contribution in [3.05, 3.63) is 52.5 Å². The predicted molar refractivity (Wildman–Crippen MR) is 139 cm³/mol. The van der Waals surface area contributed by atoms with Crippen LogP contribution in [0.25, 0.3) is 6.08 Å². The van der Waals surface area contributed by atoms with Gasteiger partial charge in [0.05, 0.1) is 12.2 Å². The third-order valence-electron chi connectivity index (χ3n) is 7.36. The summed E-state index contributed by atoms with van der Waals surface area (Å²) in [5.41, 5.74) is 3.39. The Bertz CT molecular complexity index is 1050. The summed E-state index contributed by atoms with van der Waals surface area (Å²) in [6, 6.07) is 2.05. The maximum Gasteiger partial charge on any atom is 0.338 e. The minimum absolute atomic E-state index is 0.0662. The maximum absolute atomic E-state index is 12.7. The Hall–Kier alpha value is -2.38. The first-order chi connectivity index (χ1) is 16.2. The van der Waals surface area contributed by atoms with Gasteiger partial charge in [0.1, 0.15) is 23.7 Å². The van der Waals surface area contributed by atoms with Crippen LogP contribution in [0.2, 0.25) is 18.1 Å². The molecule has 35 heavy (non-hydrogen) atoms. The largest absolute Gasteiger partial charge is 0.461 e. The topological polar surface area (TPSA) is 75.0 Å². The third kappa shape index (κ3) is 6.64. The number of hydrogen-bond donors (Lipinski definition) is 0. The van der Waals surface area contributed by atoms with Gasteiger partial charge in [-0.3, -0.25) is 4.79 Å². The molecule has 0 aromatic carbocycles. The number of fused-ring (bicyclic) bond motifs is 3. The molecule has 0 saturated carbocycles. The van der Waals surface area contributed by atoms with Crippen molar-refractivity contribution in [2.45, 2.75) is 97.8 Å². The van der Waals surface area contributed by atoms with Gasteiger partial charge in [0.25, 0.3) is 0 Å². The fourth-order valence-electron chi connectivity index (χ4n) is 4.18. The van der Waals surface area contributed by atoms with E-state index in [1.165, 1.54) is 6.92 Å². The van der Waals surface area contributed by atoms with Gasteiger partial charge >= 0.3 is 11.9 Å². The highest BCUT2D eigenvalue weighted by Gasteiger charge is 2.38. The molecule has 3 heterocycles. The number of carbonyl (C=O) groups is 2. The Kier molecular flexibility index (Phi) is 8.01. The molecule has 0 amide bonds. The van der Waals surface area contributed by atoms with E-state index in [2.05, 4.69) is 46.5 Å². The summed E-state index contributed by atoms with van der Waals surface area (Å²) in [6.07, 6.45) is 4.24. The van der Waals surface area contributed by atoms with Crippen LogP contribution in [0.1, 0.15) is 71.5 Å². The average Bonchev–Trinajstić information content (AvgIpc) is 3.25. The molecule has 192 valence electrons. The Morgan fingerprint density at radius 1 is 1.23 bits per heavy atom. The fourth-order valence-corrected chi connectivity index (χ4v) is 5.13. The number of esters is 2. The van der Waals surface area contributed by atoms with E-state index in [9.17, 15) is 9.59 Å². The van der Waals surface area contributed by atoms with Crippen LogP contribution in [-0.2, 0) is 36.5 Å². The van der Waals surface area contributed by atoms with Gasteiger partial charge < -0.3 is 18.3 Å². The minimum Gasteiger partial charge on any atom is -0.461 e. The van der Waals surface area contributed by atoms with Crippen molar-refractivity contribution in [1.82, 2.24) is 0 Å². The van der Waals surface area contributed by atoms with E-state index in [0.717, 1.165) is 28.2 Å². The molecular formula is C28H40O6Si. The molecular weight excluding hydrogens is 460 g/mol. The normalized spacial score (nSPS) is 24.8. The number of ether oxygens (including phenoxy) is 2. The standard InChI is InChI=1S/C28H40O6Si/c1-17(2)20-13-25-21(16-31-35(8,9)28(5,6)7)12-22(33-25)10-18(3)11-23-15-24(27(30)34-23)26(14-20)32-19(4)29/h10,12,15,20,23,26H,1,11,13-14,16H2,2-9H3/b18-10+/t20-,23+,26?/m0/s1. The van der Waals surface area contributed by atoms with Gasteiger partial charge in [0, 0.05) is 25.3 Å². The molecule has 7 heteroatoms. The second-order valence-electron chi connectivity index (χ2n) is 11.5. The van der Waals surface area contributed by atoms with Crippen LogP contribution in [0.15, 0.2) is 39.9 Å². The predicted octanol–water partition coefficient (Wildman–Crippen LogP) is 6.52. The first-order valence-electron chi connectivity index (χ1n) is 12.3. The van der Waals surface area contributed by atoms with Gasteiger partial charge in [-0.1, -0.05) is 38.5 Å². The van der Waals surface area contributed by atoms with Gasteiger partial charge in [0.2, 0.25) is 0 Å². The molecule has 0 saturated heterocycles. The Labute approximate surface area is 210 Å². The first kappa shape index (κ1) is 27.2. The molecule has 0 fully saturated rings. The zero-order chi connectivity index (χ0) is 26.1. The van der Waals surface area contributed by atoms with E-state index >= 15 is 0 Å². The van der Waals surface area contributed by atoms with Crippen molar-refractivity contribution in [2.75, 3.05) is 0 Å². The maximum atomic E-state index is 12.7. The lowest BCUT2D eigenvalue weighted by atomic mass is 9.87. The zero-order valence-corrected chi connectivity index (χ0v) is 23.4. The summed E-state index contributed by atoms with van der Waals surface area (Å²) in [6.45, 7) is 21.1. The second kappa shape index (κ2) is 10.3. The summed E-state index contributed by atoms with van der Waals surface area (Å²) in [5.74, 6) is 0.683. The molecule has 6 nitrogen and oxygen atoms in total. The number of rotatable bonds is 5. The van der Waals surface area contributed by atoms with Crippen molar-refractivity contribution in [3.8, 4) is 0 Å². The Morgan fingerprint density at radius 2 is 1.91 bits per heavy atom. The van der Waals surface area contributed by atoms with Gasteiger partial charge in [0.15, 0.2) is 8.32 Å². The van der Waals surface area contributed by atoms with Gasteiger partial charge in [-0.05, 0) is 62.5 Å². The van der Waals surface area contributed by atoms with Crippen molar-refractivity contribution >= 4 is 26.3 Å². The average molecular weight is 501 g/mol. The molecule has 1 unspecified atom stereocenters. The van der Waals surface area contributed by atoms with Crippen LogP contribution in [0.5, 0.6) is 0 Å². The molecule has 1 aromatic heterocycles. The van der Waals surface area contributed by atoms with Crippen LogP contribution in [-0.4, -0.2) is 32.5 Å². The number of furan rings is 1. The van der Waals surface area contributed by atoms with Crippen molar-refractivity contribution < 1.29 is 27.9 Å². The summed E-state index contributed by atoms with van der Waals surface area (Å²) >= 11 is 0. The fraction of sp³-hybridized carbons (Fsp3) is 0.571. The van der Waals surface area contributed by atoms with E-state index < -0.39 is 32.5 Å². The van der Waals surface area contributed by atoms with E-state index in [-0.39, 0.29) is 11.0 Å². The molecule has 4 bridgehead atoms. The number of hydrogen-bond acceptors (Lipinski definition) is 6. The van der Waals surface area contributed by atoms with Crippen molar-refractivity contribution in [2.24, 2.45) is 5.92 Å². The summed E-state index contributed by atoms with van der Waals surface area (Å²) in [7, 11) is -1.95. The van der Waals surface area contributed by atoms with E-state index in [1.54, 1.807) is 6.08 Å². The van der Waals surface area contributed by atoms with E-state index in [4.69, 9.17) is 18.3 Å². The number of carbonyl (C=O) groups excluding carboxylic acids is 2. The van der Waals surface area contributed by atoms with Crippen molar-refractivity contribution in [3.63, 3.8) is 0 Å². The van der Waals surface area contributed by atoms with Crippen molar-refractivity contribution in [1.29, 1.82) is 0 Å². The van der Waals surface area contributed by atoms with Crippen LogP contribution in [0.3, 0.4) is 0 Å². The monoisotopic (exact) mass is 500 g/mol. The van der Waals surface area contributed by atoms with Crippen LogP contribution in [0.4, 0.5) is 0 Å². The lowest BCUT2D eigenvalue weighted by Gasteiger charge is -2.36. The lowest BCUT2D eigenvalue weighted by Crippen LogP contribution is -2.40. The summed E-state index contributed by atoms with van der Waals surface area (Å²) in [4.78, 5) is 24.6. The highest BCUT2D eigenvalue weighted by atomic mass is 28.4. The molecule has 1 aromatic rings. The molecule has 3 atom stereocenters. The zero-order valence-electron chi connectivity index (χ0n) is 22.4. The molecule has 0 radical (unpaired) electrons. The molecule has 0 aliphatic carbocycles. The molecule has 2 aliphatic rings. The first-order valence-corrected chi connectivity index (χ1v) is 15.2. The van der Waals surface area contributed by atoms with Gasteiger partial charge in [-0.25, -0.2) is 4.79 Å². The van der Waals surface area contributed by atoms with E-state index in [1.807, 2.05) is 19.9 Å². The van der Waals surface area contributed by atoms with Crippen LogP contribution < -0.4 is 0 Å². The summed E-state index contributed by atoms with van der Waals surface area (Å²) in [5, 5.41) is 0.101. The van der Waals surface area contributed by atoms with Gasteiger partial charge in [-0.2, -0.15) is 0 Å². The number of allylic oxidation sites excluding steroid dienone is 1. The van der Waals surface area contributed by atoms with Crippen LogP contribution in [0, 0.1) is 5.92 Å². The SMILES string of the molecule is C=C(C)[C@H]1Cc2oc(cc2CO[Si](C)(C)C(C)(C)C)/C=C(\C)C[C@@H]2C=C(C(=O)O2)C(OC(C)=O)C1. The second-order valence-corrected chi connectivity index (χ2v) is 16.3. The molecule has 3 rings (SSSR count). The van der Waals surface area contributed by atoms with Crippen LogP contribution >= 0.6 is 0 Å². The minimum atomic E-state index is -1.95. The quantitative estimate of drug-likeness (QED) is 0.260.